The fourth-order valence-corrected chi connectivity index (χ4v) is 2.70. The number of carboxylic acids is 1. The SMILES string of the molecule is Cc1ccccc1C[C@H](NC(=O)c1cnc2ccccc2c1)C(=O)O. The molecule has 126 valence electrons. The highest BCUT2D eigenvalue weighted by atomic mass is 16.4. The molecule has 1 atom stereocenters. The number of pyridine rings is 1. The number of nitrogens with zero attached hydrogens (tertiary/aromatic N) is 1. The number of aromatic nitrogens is 1. The van der Waals surface area contributed by atoms with E-state index in [1.807, 2.05) is 55.5 Å². The molecule has 0 fully saturated rings. The van der Waals surface area contributed by atoms with Gasteiger partial charge in [0, 0.05) is 18.0 Å². The summed E-state index contributed by atoms with van der Waals surface area (Å²) in [6.07, 6.45) is 1.69. The van der Waals surface area contributed by atoms with Crippen LogP contribution in [0.2, 0.25) is 0 Å². The maximum absolute atomic E-state index is 12.5. The zero-order valence-electron chi connectivity index (χ0n) is 13.8. The predicted molar refractivity (Wildman–Crippen MR) is 95.5 cm³/mol. The smallest absolute Gasteiger partial charge is 0.326 e. The molecule has 0 saturated carbocycles. The zero-order chi connectivity index (χ0) is 17.8. The number of benzene rings is 2. The van der Waals surface area contributed by atoms with Crippen LogP contribution >= 0.6 is 0 Å². The van der Waals surface area contributed by atoms with Gasteiger partial charge in [-0.25, -0.2) is 4.79 Å². The van der Waals surface area contributed by atoms with Crippen molar-refractivity contribution in [1.82, 2.24) is 10.3 Å². The molecule has 25 heavy (non-hydrogen) atoms. The van der Waals surface area contributed by atoms with Gasteiger partial charge in [0.1, 0.15) is 6.04 Å². The third-order valence-corrected chi connectivity index (χ3v) is 4.14. The van der Waals surface area contributed by atoms with Gasteiger partial charge >= 0.3 is 5.97 Å². The second kappa shape index (κ2) is 7.13. The molecule has 0 radical (unpaired) electrons. The second-order valence-electron chi connectivity index (χ2n) is 5.91. The van der Waals surface area contributed by atoms with Crippen LogP contribution in [0.25, 0.3) is 10.9 Å². The van der Waals surface area contributed by atoms with Gasteiger partial charge < -0.3 is 10.4 Å². The molecule has 0 aliphatic rings. The number of rotatable bonds is 5. The van der Waals surface area contributed by atoms with E-state index in [1.54, 1.807) is 6.07 Å². The van der Waals surface area contributed by atoms with Gasteiger partial charge in [0.2, 0.25) is 0 Å². The lowest BCUT2D eigenvalue weighted by atomic mass is 10.0. The molecule has 5 heteroatoms. The van der Waals surface area contributed by atoms with Crippen molar-refractivity contribution in [2.24, 2.45) is 0 Å². The quantitative estimate of drug-likeness (QED) is 0.752. The average Bonchev–Trinajstić information content (AvgIpc) is 2.62. The molecule has 1 heterocycles. The van der Waals surface area contributed by atoms with Crippen LogP contribution in [0.3, 0.4) is 0 Å². The number of carboxylic acid groups (broad SMARTS) is 1. The van der Waals surface area contributed by atoms with E-state index in [2.05, 4.69) is 10.3 Å². The summed E-state index contributed by atoms with van der Waals surface area (Å²) in [4.78, 5) is 28.3. The molecule has 2 N–H and O–H groups in total. The molecule has 1 aromatic heterocycles. The maximum atomic E-state index is 12.5. The highest BCUT2D eigenvalue weighted by Gasteiger charge is 2.22. The van der Waals surface area contributed by atoms with E-state index in [-0.39, 0.29) is 6.42 Å². The van der Waals surface area contributed by atoms with E-state index in [4.69, 9.17) is 0 Å². The van der Waals surface area contributed by atoms with Crippen LogP contribution in [0.1, 0.15) is 21.5 Å². The van der Waals surface area contributed by atoms with E-state index in [9.17, 15) is 14.7 Å². The van der Waals surface area contributed by atoms with Crippen LogP contribution in [0.15, 0.2) is 60.8 Å². The lowest BCUT2D eigenvalue weighted by Crippen LogP contribution is -2.42. The van der Waals surface area contributed by atoms with E-state index < -0.39 is 17.9 Å². The number of nitrogens with one attached hydrogen (secondary N) is 1. The molecule has 0 aliphatic carbocycles. The van der Waals surface area contributed by atoms with Crippen LogP contribution in [0.4, 0.5) is 0 Å². The van der Waals surface area contributed by atoms with Crippen molar-refractivity contribution >= 4 is 22.8 Å². The molecule has 3 aromatic rings. The molecule has 1 amide bonds. The number of carbonyl (C=O) groups excluding carboxylic acids is 1. The van der Waals surface area contributed by atoms with Crippen molar-refractivity contribution in [2.75, 3.05) is 0 Å². The van der Waals surface area contributed by atoms with Gasteiger partial charge in [-0.05, 0) is 30.2 Å². The molecule has 5 nitrogen and oxygen atoms in total. The second-order valence-corrected chi connectivity index (χ2v) is 5.91. The average molecular weight is 334 g/mol. The summed E-state index contributed by atoms with van der Waals surface area (Å²) < 4.78 is 0. The van der Waals surface area contributed by atoms with Crippen LogP contribution in [0.5, 0.6) is 0 Å². The number of fused-ring (bicyclic) bond motifs is 1. The van der Waals surface area contributed by atoms with Crippen LogP contribution < -0.4 is 5.32 Å². The van der Waals surface area contributed by atoms with Crippen molar-refractivity contribution in [1.29, 1.82) is 0 Å². The molecule has 0 saturated heterocycles. The van der Waals surface area contributed by atoms with E-state index >= 15 is 0 Å². The predicted octanol–water partition coefficient (Wildman–Crippen LogP) is 2.97. The minimum atomic E-state index is -1.06. The van der Waals surface area contributed by atoms with Gasteiger partial charge in [0.05, 0.1) is 11.1 Å². The number of aliphatic carboxylic acids is 1. The number of amides is 1. The standard InChI is InChI=1S/C20H18N2O3/c1-13-6-2-3-7-14(13)11-18(20(24)25)22-19(23)16-10-15-8-4-5-9-17(15)21-12-16/h2-10,12,18H,11H2,1H3,(H,22,23)(H,24,25)/t18-/m0/s1. The number of aryl methyl sites for hydroxylation is 1. The van der Waals surface area contributed by atoms with E-state index in [0.29, 0.717) is 5.56 Å². The third-order valence-electron chi connectivity index (χ3n) is 4.14. The Balaban J connectivity index is 1.80. The Morgan fingerprint density at radius 2 is 1.84 bits per heavy atom. The maximum Gasteiger partial charge on any atom is 0.326 e. The third kappa shape index (κ3) is 3.83. The number of hydrogen-bond acceptors (Lipinski definition) is 3. The van der Waals surface area contributed by atoms with E-state index in [0.717, 1.165) is 22.0 Å². The molecule has 0 spiro atoms. The summed E-state index contributed by atoms with van der Waals surface area (Å²) in [5.41, 5.74) is 3.02. The van der Waals surface area contributed by atoms with E-state index in [1.165, 1.54) is 6.20 Å². The number of para-hydroxylation sites is 1. The Hall–Kier alpha value is -3.21. The summed E-state index contributed by atoms with van der Waals surface area (Å²) >= 11 is 0. The van der Waals surface area contributed by atoms with Gasteiger partial charge in [-0.1, -0.05) is 42.5 Å². The first-order valence-electron chi connectivity index (χ1n) is 7.97. The fraction of sp³-hybridized carbons (Fsp3) is 0.150. The normalized spacial score (nSPS) is 11.9. The molecule has 0 aliphatic heterocycles. The van der Waals surface area contributed by atoms with Crippen molar-refractivity contribution < 1.29 is 14.7 Å². The molecular weight excluding hydrogens is 316 g/mol. The van der Waals surface area contributed by atoms with Crippen molar-refractivity contribution in [3.63, 3.8) is 0 Å². The molecular formula is C20H18N2O3. The van der Waals surface area contributed by atoms with Crippen LogP contribution in [-0.4, -0.2) is 28.0 Å². The molecule has 2 aromatic carbocycles. The molecule has 0 bridgehead atoms. The lowest BCUT2D eigenvalue weighted by molar-refractivity contribution is -0.139. The number of hydrogen-bond donors (Lipinski definition) is 2. The van der Waals surface area contributed by atoms with Crippen molar-refractivity contribution in [2.45, 2.75) is 19.4 Å². The minimum absolute atomic E-state index is 0.231. The van der Waals surface area contributed by atoms with Gasteiger partial charge in [-0.2, -0.15) is 0 Å². The first-order valence-corrected chi connectivity index (χ1v) is 7.97. The van der Waals surface area contributed by atoms with Crippen molar-refractivity contribution in [3.8, 4) is 0 Å². The summed E-state index contributed by atoms with van der Waals surface area (Å²) in [7, 11) is 0. The largest absolute Gasteiger partial charge is 0.480 e. The van der Waals surface area contributed by atoms with Gasteiger partial charge in [0.15, 0.2) is 0 Å². The van der Waals surface area contributed by atoms with Gasteiger partial charge in [0.25, 0.3) is 5.91 Å². The fourth-order valence-electron chi connectivity index (χ4n) is 2.70. The monoisotopic (exact) mass is 334 g/mol. The summed E-state index contributed by atoms with van der Waals surface area (Å²) in [5, 5.41) is 12.9. The summed E-state index contributed by atoms with van der Waals surface area (Å²) in [5.74, 6) is -1.51. The Labute approximate surface area is 145 Å². The topological polar surface area (TPSA) is 79.3 Å². The van der Waals surface area contributed by atoms with Gasteiger partial charge in [-0.15, -0.1) is 0 Å². The molecule has 3 rings (SSSR count). The van der Waals surface area contributed by atoms with Crippen LogP contribution in [-0.2, 0) is 11.2 Å². The van der Waals surface area contributed by atoms with Gasteiger partial charge in [-0.3, -0.25) is 9.78 Å². The zero-order valence-corrected chi connectivity index (χ0v) is 13.8. The Morgan fingerprint density at radius 3 is 2.60 bits per heavy atom. The molecule has 0 unspecified atom stereocenters. The minimum Gasteiger partial charge on any atom is -0.480 e. The van der Waals surface area contributed by atoms with Crippen LogP contribution in [0, 0.1) is 6.92 Å². The Bertz CT molecular complexity index is 937. The Kier molecular flexibility index (Phi) is 4.75. The first kappa shape index (κ1) is 16.6. The highest BCUT2D eigenvalue weighted by Crippen LogP contribution is 2.14. The Morgan fingerprint density at radius 1 is 1.12 bits per heavy atom. The highest BCUT2D eigenvalue weighted by molar-refractivity contribution is 5.99. The first-order chi connectivity index (χ1) is 12.0. The lowest BCUT2D eigenvalue weighted by Gasteiger charge is -2.16. The van der Waals surface area contributed by atoms with Crippen molar-refractivity contribution in [3.05, 3.63) is 77.5 Å². The summed E-state index contributed by atoms with van der Waals surface area (Å²) in [6, 6.07) is 15.7. The summed E-state index contributed by atoms with van der Waals surface area (Å²) in [6.45, 7) is 1.92. The number of carbonyl (C=O) groups is 2.